The van der Waals surface area contributed by atoms with Gasteiger partial charge in [0.05, 0.1) is 35.6 Å². The fraction of sp³-hybridized carbons (Fsp3) is 0.417. The van der Waals surface area contributed by atoms with E-state index >= 15 is 4.39 Å². The van der Waals surface area contributed by atoms with Gasteiger partial charge in [0.25, 0.3) is 0 Å². The molecule has 7 rings (SSSR count). The number of likely N-dealkylation sites (tertiary alicyclic amines) is 1. The normalized spacial score (nSPS) is 20.2. The molecule has 51 heavy (non-hydrogen) atoms. The summed E-state index contributed by atoms with van der Waals surface area (Å²) in [5.74, 6) is -1.61. The number of halogens is 2. The Hall–Kier alpha value is -4.28. The lowest BCUT2D eigenvalue weighted by atomic mass is 9.96. The molecule has 4 aromatic rings. The third-order valence-electron chi connectivity index (χ3n) is 10.2. The number of nitrogens with one attached hydrogen (secondary N) is 1. The van der Waals surface area contributed by atoms with Crippen LogP contribution >= 0.6 is 0 Å². The number of H-pyrrole nitrogens is 1. The molecule has 3 fully saturated rings. The molecule has 2 atom stereocenters. The smallest absolute Gasteiger partial charge is 0.317 e. The van der Waals surface area contributed by atoms with Crippen LogP contribution in [0.25, 0.3) is 22.2 Å². The van der Waals surface area contributed by atoms with Gasteiger partial charge in [-0.1, -0.05) is 12.1 Å². The lowest BCUT2D eigenvalue weighted by molar-refractivity contribution is -0.138. The standard InChI is InChI=1S/C36H41F2N7O5S/c37-27-9-12-44(22-27)45(51(49)50)29-5-6-33(38)31(18-29)35(48)32-20-40-36-30(32)17-26(19-39-36)25-1-3-28(4-2-25)43-15-13-42(14-16-43)21-24-7-10-41(11-8-24)23-34(46)47/h1-6,17-20,24,27H,7-16,21-23H2,(H,39,40)(H,46,47)(H,49,50)/p-1/t27-/m1/s1. The first kappa shape index (κ1) is 35.1. The summed E-state index contributed by atoms with van der Waals surface area (Å²) in [6.07, 6.45) is 4.24. The number of benzene rings is 2. The SMILES string of the molecule is O=C(O)CN1CCC(CN2CCN(c3ccc(-c4cnc5[nH]cc(C(=O)c6cc(N(N7CC[C@@H](F)C7)S(=O)[O-])ccc6F)c5c4)cc3)CC2)CC1. The quantitative estimate of drug-likeness (QED) is 0.172. The largest absolute Gasteiger partial charge is 0.754 e. The van der Waals surface area contributed by atoms with Crippen LogP contribution in [0.3, 0.4) is 0 Å². The number of aliphatic carboxylic acids is 1. The molecule has 2 aromatic carbocycles. The summed E-state index contributed by atoms with van der Waals surface area (Å²) in [7, 11) is 0. The van der Waals surface area contributed by atoms with Crippen molar-refractivity contribution in [1.29, 1.82) is 0 Å². The number of hydrogen-bond acceptors (Lipinski definition) is 9. The fourth-order valence-electron chi connectivity index (χ4n) is 7.45. The van der Waals surface area contributed by atoms with Gasteiger partial charge in [-0.15, -0.1) is 0 Å². The van der Waals surface area contributed by atoms with E-state index in [0.29, 0.717) is 17.0 Å². The van der Waals surface area contributed by atoms with Gasteiger partial charge in [0.2, 0.25) is 0 Å². The molecule has 5 heterocycles. The van der Waals surface area contributed by atoms with E-state index in [2.05, 4.69) is 31.9 Å². The van der Waals surface area contributed by atoms with Crippen LogP contribution in [0.5, 0.6) is 0 Å². The number of carbonyl (C=O) groups is 2. The number of carboxylic acids is 1. The number of nitrogens with zero attached hydrogens (tertiary/aromatic N) is 6. The van der Waals surface area contributed by atoms with E-state index in [1.54, 1.807) is 6.20 Å². The number of aromatic amines is 1. The number of piperidine rings is 1. The van der Waals surface area contributed by atoms with Gasteiger partial charge in [-0.05, 0) is 80.2 Å². The Morgan fingerprint density at radius 1 is 0.941 bits per heavy atom. The molecular formula is C36H40F2N7O5S-. The monoisotopic (exact) mass is 720 g/mol. The summed E-state index contributed by atoms with van der Waals surface area (Å²) >= 11 is -2.81. The molecule has 0 amide bonds. The molecule has 2 aromatic heterocycles. The van der Waals surface area contributed by atoms with E-state index in [1.807, 2.05) is 23.1 Å². The second kappa shape index (κ2) is 15.1. The highest BCUT2D eigenvalue weighted by Crippen LogP contribution is 2.31. The maximum atomic E-state index is 15.1. The Labute approximate surface area is 297 Å². The van der Waals surface area contributed by atoms with Crippen molar-refractivity contribution in [2.75, 3.05) is 74.8 Å². The van der Waals surface area contributed by atoms with Gasteiger partial charge in [-0.25, -0.2) is 23.2 Å². The number of ketones is 1. The highest BCUT2D eigenvalue weighted by Gasteiger charge is 2.30. The van der Waals surface area contributed by atoms with Gasteiger partial charge in [-0.3, -0.25) is 23.6 Å². The van der Waals surface area contributed by atoms with Crippen molar-refractivity contribution in [3.8, 4) is 11.1 Å². The van der Waals surface area contributed by atoms with E-state index in [9.17, 15) is 22.7 Å². The number of fused-ring (bicyclic) bond motifs is 1. The van der Waals surface area contributed by atoms with Gasteiger partial charge in [0.15, 0.2) is 5.78 Å². The predicted molar refractivity (Wildman–Crippen MR) is 189 cm³/mol. The highest BCUT2D eigenvalue weighted by atomic mass is 32.2. The Morgan fingerprint density at radius 3 is 2.35 bits per heavy atom. The van der Waals surface area contributed by atoms with Crippen LogP contribution in [-0.2, 0) is 16.1 Å². The minimum Gasteiger partial charge on any atom is -0.754 e. The van der Waals surface area contributed by atoms with Crippen molar-refractivity contribution < 1.29 is 32.2 Å². The number of rotatable bonds is 11. The van der Waals surface area contributed by atoms with Crippen LogP contribution in [0, 0.1) is 11.7 Å². The fourth-order valence-corrected chi connectivity index (χ4v) is 8.07. The number of carboxylic acid groups (broad SMARTS) is 1. The molecule has 3 aliphatic rings. The number of hydrazine groups is 1. The summed E-state index contributed by atoms with van der Waals surface area (Å²) in [6.45, 7) is 6.66. The Bertz CT molecular complexity index is 1910. The van der Waals surface area contributed by atoms with Crippen LogP contribution in [-0.4, -0.2) is 122 Å². The maximum absolute atomic E-state index is 15.1. The summed E-state index contributed by atoms with van der Waals surface area (Å²) in [5, 5.41) is 10.9. The Balaban J connectivity index is 1.01. The van der Waals surface area contributed by atoms with Gasteiger partial charge in [0, 0.05) is 73.9 Å². The number of anilines is 2. The number of pyridine rings is 1. The number of carbonyl (C=O) groups excluding carboxylic acids is 1. The topological polar surface area (TPSA) is 139 Å². The predicted octanol–water partition coefficient (Wildman–Crippen LogP) is 4.08. The van der Waals surface area contributed by atoms with Crippen LogP contribution < -0.4 is 9.31 Å². The molecule has 0 spiro atoms. The van der Waals surface area contributed by atoms with E-state index in [-0.39, 0.29) is 42.9 Å². The first-order valence-corrected chi connectivity index (χ1v) is 18.3. The van der Waals surface area contributed by atoms with Gasteiger partial charge in [-0.2, -0.15) is 0 Å². The summed E-state index contributed by atoms with van der Waals surface area (Å²) < 4.78 is 54.1. The highest BCUT2D eigenvalue weighted by molar-refractivity contribution is 7.80. The molecule has 15 heteroatoms. The third kappa shape index (κ3) is 7.82. The zero-order chi connectivity index (χ0) is 35.6. The lowest BCUT2D eigenvalue weighted by Crippen LogP contribution is -2.49. The van der Waals surface area contributed by atoms with Crippen molar-refractivity contribution in [2.45, 2.75) is 25.4 Å². The third-order valence-corrected chi connectivity index (χ3v) is 10.9. The molecule has 1 unspecified atom stereocenters. The molecule has 3 aliphatic heterocycles. The molecule has 0 bridgehead atoms. The molecule has 0 saturated carbocycles. The van der Waals surface area contributed by atoms with Gasteiger partial charge >= 0.3 is 5.97 Å². The Morgan fingerprint density at radius 2 is 1.69 bits per heavy atom. The van der Waals surface area contributed by atoms with Crippen molar-refractivity contribution in [3.63, 3.8) is 0 Å². The first-order valence-electron chi connectivity index (χ1n) is 17.2. The second-order valence-corrected chi connectivity index (χ2v) is 14.3. The molecule has 12 nitrogen and oxygen atoms in total. The van der Waals surface area contributed by atoms with E-state index < -0.39 is 35.0 Å². The first-order chi connectivity index (χ1) is 24.6. The maximum Gasteiger partial charge on any atom is 0.317 e. The Kier molecular flexibility index (Phi) is 10.4. The minimum atomic E-state index is -2.81. The van der Waals surface area contributed by atoms with Crippen LogP contribution in [0.15, 0.2) is 60.9 Å². The second-order valence-electron chi connectivity index (χ2n) is 13.6. The molecule has 0 radical (unpaired) electrons. The van der Waals surface area contributed by atoms with Crippen LogP contribution in [0.1, 0.15) is 35.2 Å². The van der Waals surface area contributed by atoms with Crippen molar-refractivity contribution in [1.82, 2.24) is 24.8 Å². The summed E-state index contributed by atoms with van der Waals surface area (Å²) in [5.41, 5.74) is 3.17. The van der Waals surface area contributed by atoms with Crippen molar-refractivity contribution in [2.24, 2.45) is 5.92 Å². The van der Waals surface area contributed by atoms with Crippen molar-refractivity contribution in [3.05, 3.63) is 77.9 Å². The lowest BCUT2D eigenvalue weighted by Gasteiger charge is -2.39. The average molecular weight is 721 g/mol. The molecule has 2 N–H and O–H groups in total. The number of alkyl halides is 1. The zero-order valence-electron chi connectivity index (χ0n) is 28.0. The van der Waals surface area contributed by atoms with E-state index in [0.717, 1.165) is 85.9 Å². The summed E-state index contributed by atoms with van der Waals surface area (Å²) in [6, 6.07) is 13.5. The molecule has 270 valence electrons. The molecule has 0 aliphatic carbocycles. The van der Waals surface area contributed by atoms with Crippen LogP contribution in [0.2, 0.25) is 0 Å². The van der Waals surface area contributed by atoms with Gasteiger partial charge in [0.1, 0.15) is 17.6 Å². The molecular weight excluding hydrogens is 681 g/mol. The number of hydrogen-bond donors (Lipinski definition) is 2. The molecule has 3 saturated heterocycles. The summed E-state index contributed by atoms with van der Waals surface area (Å²) in [4.78, 5) is 39.1. The van der Waals surface area contributed by atoms with Crippen molar-refractivity contribution >= 4 is 45.4 Å². The number of piperazine rings is 1. The van der Waals surface area contributed by atoms with E-state index in [4.69, 9.17) is 5.11 Å². The minimum absolute atomic E-state index is 0.0394. The van der Waals surface area contributed by atoms with Gasteiger partial charge < -0.3 is 19.5 Å². The number of aromatic nitrogens is 2. The van der Waals surface area contributed by atoms with Crippen LogP contribution in [0.4, 0.5) is 20.2 Å². The average Bonchev–Trinajstić information content (AvgIpc) is 3.75. The zero-order valence-corrected chi connectivity index (χ0v) is 28.9. The van der Waals surface area contributed by atoms with E-state index in [1.165, 1.54) is 23.3 Å².